The average Bonchev–Trinajstić information content (AvgIpc) is 2.85. The third kappa shape index (κ3) is 5.80. The second kappa shape index (κ2) is 10.3. The number of anilines is 2. The Kier molecular flexibility index (Phi) is 7.07. The predicted octanol–water partition coefficient (Wildman–Crippen LogP) is 4.79. The van der Waals surface area contributed by atoms with E-state index in [0.717, 1.165) is 41.8 Å². The molecule has 4 rings (SSSR count). The van der Waals surface area contributed by atoms with E-state index in [1.807, 2.05) is 36.4 Å². The maximum atomic E-state index is 12.5. The molecule has 1 aliphatic heterocycles. The van der Waals surface area contributed by atoms with E-state index >= 15 is 0 Å². The van der Waals surface area contributed by atoms with Crippen molar-refractivity contribution < 1.29 is 14.3 Å². The van der Waals surface area contributed by atoms with Gasteiger partial charge in [-0.15, -0.1) is 10.2 Å². The van der Waals surface area contributed by atoms with Crippen LogP contribution in [0.1, 0.15) is 26.7 Å². The summed E-state index contributed by atoms with van der Waals surface area (Å²) >= 11 is 0. The summed E-state index contributed by atoms with van der Waals surface area (Å²) in [4.78, 5) is 14.8. The molecule has 2 aromatic carbocycles. The van der Waals surface area contributed by atoms with Crippen molar-refractivity contribution in [3.8, 4) is 22.8 Å². The Morgan fingerprint density at radius 2 is 1.64 bits per heavy atom. The first kappa shape index (κ1) is 22.6. The van der Waals surface area contributed by atoms with Crippen LogP contribution in [0.3, 0.4) is 0 Å². The van der Waals surface area contributed by atoms with Crippen molar-refractivity contribution >= 4 is 17.4 Å². The van der Waals surface area contributed by atoms with Gasteiger partial charge in [-0.1, -0.05) is 19.1 Å². The monoisotopic (exact) mass is 446 g/mol. The minimum absolute atomic E-state index is 0.224. The standard InChI is InChI=1S/C26H30N4O3/c1-18-14-16-30(17-15-18)25-13-12-24(28-29-25)20-4-6-21(7-5-20)27-26(31)19(2)33-23-10-8-22(32-3)9-11-23/h4-13,18-19H,14-17H2,1-3H3,(H,27,31). The smallest absolute Gasteiger partial charge is 0.265 e. The van der Waals surface area contributed by atoms with Crippen LogP contribution in [0.5, 0.6) is 11.5 Å². The van der Waals surface area contributed by atoms with Crippen molar-refractivity contribution in [1.82, 2.24) is 10.2 Å². The SMILES string of the molecule is COc1ccc(OC(C)C(=O)Nc2ccc(-c3ccc(N4CCC(C)CC4)nn3)cc2)cc1. The maximum Gasteiger partial charge on any atom is 0.265 e. The number of carbonyl (C=O) groups excluding carboxylic acids is 1. The van der Waals surface area contributed by atoms with E-state index in [1.165, 1.54) is 12.8 Å². The Morgan fingerprint density at radius 1 is 0.970 bits per heavy atom. The fourth-order valence-electron chi connectivity index (χ4n) is 3.77. The summed E-state index contributed by atoms with van der Waals surface area (Å²) in [6, 6.07) is 18.7. The van der Waals surface area contributed by atoms with Crippen molar-refractivity contribution in [2.75, 3.05) is 30.4 Å². The highest BCUT2D eigenvalue weighted by atomic mass is 16.5. The Labute approximate surface area is 194 Å². The third-order valence-electron chi connectivity index (χ3n) is 5.95. The number of amides is 1. The average molecular weight is 447 g/mol. The summed E-state index contributed by atoms with van der Waals surface area (Å²) in [5, 5.41) is 11.7. The predicted molar refractivity (Wildman–Crippen MR) is 130 cm³/mol. The molecule has 2 heterocycles. The lowest BCUT2D eigenvalue weighted by molar-refractivity contribution is -0.122. The van der Waals surface area contributed by atoms with Gasteiger partial charge < -0.3 is 19.7 Å². The molecule has 0 aliphatic carbocycles. The molecule has 0 bridgehead atoms. The zero-order valence-electron chi connectivity index (χ0n) is 19.3. The molecule has 1 saturated heterocycles. The molecule has 1 amide bonds. The Morgan fingerprint density at radius 3 is 2.24 bits per heavy atom. The number of rotatable bonds is 7. The molecular weight excluding hydrogens is 416 g/mol. The highest BCUT2D eigenvalue weighted by molar-refractivity contribution is 5.94. The number of hydrogen-bond acceptors (Lipinski definition) is 6. The first-order valence-corrected chi connectivity index (χ1v) is 11.3. The molecule has 1 fully saturated rings. The summed E-state index contributed by atoms with van der Waals surface area (Å²) in [7, 11) is 1.61. The van der Waals surface area contributed by atoms with Gasteiger partial charge in [-0.05, 0) is 74.2 Å². The van der Waals surface area contributed by atoms with Crippen LogP contribution in [0.4, 0.5) is 11.5 Å². The molecule has 1 N–H and O–H groups in total. The highest BCUT2D eigenvalue weighted by Crippen LogP contribution is 2.24. The van der Waals surface area contributed by atoms with Crippen LogP contribution in [-0.4, -0.2) is 42.4 Å². The third-order valence-corrected chi connectivity index (χ3v) is 5.95. The molecular formula is C26H30N4O3. The van der Waals surface area contributed by atoms with E-state index in [4.69, 9.17) is 9.47 Å². The van der Waals surface area contributed by atoms with Crippen molar-refractivity contribution in [3.63, 3.8) is 0 Å². The van der Waals surface area contributed by atoms with E-state index in [1.54, 1.807) is 38.3 Å². The lowest BCUT2D eigenvalue weighted by Crippen LogP contribution is -2.33. The molecule has 7 heteroatoms. The van der Waals surface area contributed by atoms with Gasteiger partial charge in [0.15, 0.2) is 11.9 Å². The quantitative estimate of drug-likeness (QED) is 0.562. The van der Waals surface area contributed by atoms with E-state index in [0.29, 0.717) is 11.4 Å². The van der Waals surface area contributed by atoms with E-state index < -0.39 is 6.10 Å². The summed E-state index contributed by atoms with van der Waals surface area (Å²) in [5.74, 6) is 2.83. The molecule has 3 aromatic rings. The van der Waals surface area contributed by atoms with Gasteiger partial charge in [0.2, 0.25) is 0 Å². The molecule has 1 aromatic heterocycles. The van der Waals surface area contributed by atoms with E-state index in [2.05, 4.69) is 27.3 Å². The van der Waals surface area contributed by atoms with Gasteiger partial charge in [-0.2, -0.15) is 0 Å². The minimum Gasteiger partial charge on any atom is -0.497 e. The van der Waals surface area contributed by atoms with Gasteiger partial charge in [-0.3, -0.25) is 4.79 Å². The molecule has 33 heavy (non-hydrogen) atoms. The molecule has 172 valence electrons. The number of benzene rings is 2. The van der Waals surface area contributed by atoms with Gasteiger partial charge in [0.05, 0.1) is 12.8 Å². The lowest BCUT2D eigenvalue weighted by Gasteiger charge is -2.30. The second-order valence-electron chi connectivity index (χ2n) is 8.45. The van der Waals surface area contributed by atoms with Crippen molar-refractivity contribution in [1.29, 1.82) is 0 Å². The van der Waals surface area contributed by atoms with Gasteiger partial charge in [0, 0.05) is 24.3 Å². The maximum absolute atomic E-state index is 12.5. The Hall–Kier alpha value is -3.61. The van der Waals surface area contributed by atoms with Crippen molar-refractivity contribution in [2.45, 2.75) is 32.8 Å². The van der Waals surface area contributed by atoms with Crippen LogP contribution in [0.15, 0.2) is 60.7 Å². The number of methoxy groups -OCH3 is 1. The fraction of sp³-hybridized carbons (Fsp3) is 0.346. The second-order valence-corrected chi connectivity index (χ2v) is 8.45. The Balaban J connectivity index is 1.33. The number of ether oxygens (including phenoxy) is 2. The van der Waals surface area contributed by atoms with E-state index in [9.17, 15) is 4.79 Å². The molecule has 7 nitrogen and oxygen atoms in total. The normalized spacial score (nSPS) is 15.1. The van der Waals surface area contributed by atoms with Crippen LogP contribution in [-0.2, 0) is 4.79 Å². The Bertz CT molecular complexity index is 1040. The summed E-state index contributed by atoms with van der Waals surface area (Å²) in [6.07, 6.45) is 1.75. The summed E-state index contributed by atoms with van der Waals surface area (Å²) in [5.41, 5.74) is 2.45. The fourth-order valence-corrected chi connectivity index (χ4v) is 3.77. The largest absolute Gasteiger partial charge is 0.497 e. The molecule has 0 spiro atoms. The van der Waals surface area contributed by atoms with Crippen LogP contribution in [0.2, 0.25) is 0 Å². The zero-order valence-corrected chi connectivity index (χ0v) is 19.3. The number of aromatic nitrogens is 2. The van der Waals surface area contributed by atoms with Crippen molar-refractivity contribution in [3.05, 3.63) is 60.7 Å². The van der Waals surface area contributed by atoms with Gasteiger partial charge in [0.25, 0.3) is 5.91 Å². The van der Waals surface area contributed by atoms with Crippen LogP contribution < -0.4 is 19.7 Å². The molecule has 1 atom stereocenters. The topological polar surface area (TPSA) is 76.6 Å². The number of nitrogens with zero attached hydrogens (tertiary/aromatic N) is 3. The first-order chi connectivity index (χ1) is 16.0. The zero-order chi connectivity index (χ0) is 23.2. The molecule has 0 saturated carbocycles. The minimum atomic E-state index is -0.644. The van der Waals surface area contributed by atoms with Crippen LogP contribution in [0, 0.1) is 5.92 Å². The van der Waals surface area contributed by atoms with Gasteiger partial charge in [0.1, 0.15) is 11.5 Å². The van der Waals surface area contributed by atoms with Gasteiger partial charge in [-0.25, -0.2) is 0 Å². The number of hydrogen-bond donors (Lipinski definition) is 1. The molecule has 1 unspecified atom stereocenters. The highest BCUT2D eigenvalue weighted by Gasteiger charge is 2.18. The summed E-state index contributed by atoms with van der Waals surface area (Å²) in [6.45, 7) is 6.08. The number of piperidine rings is 1. The number of nitrogens with one attached hydrogen (secondary N) is 1. The summed E-state index contributed by atoms with van der Waals surface area (Å²) < 4.78 is 10.9. The molecule has 1 aliphatic rings. The lowest BCUT2D eigenvalue weighted by atomic mass is 9.99. The molecule has 0 radical (unpaired) electrons. The first-order valence-electron chi connectivity index (χ1n) is 11.3. The van der Waals surface area contributed by atoms with Crippen LogP contribution in [0.25, 0.3) is 11.3 Å². The van der Waals surface area contributed by atoms with Crippen molar-refractivity contribution in [2.24, 2.45) is 5.92 Å². The van der Waals surface area contributed by atoms with Crippen LogP contribution >= 0.6 is 0 Å². The number of carbonyl (C=O) groups is 1. The van der Waals surface area contributed by atoms with Gasteiger partial charge >= 0.3 is 0 Å². The van der Waals surface area contributed by atoms with E-state index in [-0.39, 0.29) is 5.91 Å².